The second kappa shape index (κ2) is 6.46. The second-order valence-corrected chi connectivity index (χ2v) is 4.89. The number of hydrogen-bond donors (Lipinski definition) is 2. The van der Waals surface area contributed by atoms with Crippen LogP contribution in [-0.4, -0.2) is 43.2 Å². The van der Waals surface area contributed by atoms with E-state index in [1.165, 1.54) is 12.8 Å². The van der Waals surface area contributed by atoms with Crippen molar-refractivity contribution in [1.29, 1.82) is 0 Å². The molecule has 1 fully saturated rings. The summed E-state index contributed by atoms with van der Waals surface area (Å²) >= 11 is 0. The molecule has 1 saturated heterocycles. The molecule has 3 nitrogen and oxygen atoms in total. The molecule has 0 atom stereocenters. The standard InChI is InChI=1S/C12H27N3/c1-3-5-12(13,6-4-2)11-15-9-7-14-8-10-15/h14H,3-11,13H2,1-2H3. The molecule has 0 spiro atoms. The molecule has 1 aliphatic heterocycles. The molecular formula is C12H27N3. The highest BCUT2D eigenvalue weighted by molar-refractivity contribution is 4.88. The van der Waals surface area contributed by atoms with Crippen LogP contribution in [0.3, 0.4) is 0 Å². The van der Waals surface area contributed by atoms with Crippen LogP contribution in [0.1, 0.15) is 39.5 Å². The number of nitrogens with two attached hydrogens (primary N) is 1. The van der Waals surface area contributed by atoms with Gasteiger partial charge >= 0.3 is 0 Å². The third kappa shape index (κ3) is 4.49. The highest BCUT2D eigenvalue weighted by Crippen LogP contribution is 2.18. The van der Waals surface area contributed by atoms with Gasteiger partial charge in [-0.15, -0.1) is 0 Å². The van der Waals surface area contributed by atoms with Gasteiger partial charge in [0.05, 0.1) is 0 Å². The van der Waals surface area contributed by atoms with Crippen molar-refractivity contribution in [3.8, 4) is 0 Å². The van der Waals surface area contributed by atoms with Crippen LogP contribution in [0.2, 0.25) is 0 Å². The number of hydrogen-bond acceptors (Lipinski definition) is 3. The first-order valence-corrected chi connectivity index (χ1v) is 6.42. The average Bonchev–Trinajstić information content (AvgIpc) is 2.19. The van der Waals surface area contributed by atoms with E-state index in [-0.39, 0.29) is 5.54 Å². The van der Waals surface area contributed by atoms with E-state index < -0.39 is 0 Å². The van der Waals surface area contributed by atoms with Gasteiger partial charge in [0, 0.05) is 38.3 Å². The second-order valence-electron chi connectivity index (χ2n) is 4.89. The van der Waals surface area contributed by atoms with E-state index in [4.69, 9.17) is 5.73 Å². The minimum Gasteiger partial charge on any atom is -0.324 e. The van der Waals surface area contributed by atoms with Gasteiger partial charge in [-0.3, -0.25) is 4.90 Å². The smallest absolute Gasteiger partial charge is 0.0283 e. The van der Waals surface area contributed by atoms with Crippen LogP contribution in [0.4, 0.5) is 0 Å². The zero-order chi connectivity index (χ0) is 11.1. The summed E-state index contributed by atoms with van der Waals surface area (Å²) in [6.07, 6.45) is 4.71. The maximum Gasteiger partial charge on any atom is 0.0283 e. The highest BCUT2D eigenvalue weighted by atomic mass is 15.2. The topological polar surface area (TPSA) is 41.3 Å². The van der Waals surface area contributed by atoms with Gasteiger partial charge in [-0.05, 0) is 12.8 Å². The van der Waals surface area contributed by atoms with Crippen LogP contribution in [0.25, 0.3) is 0 Å². The first kappa shape index (κ1) is 12.9. The normalized spacial score (nSPS) is 19.4. The van der Waals surface area contributed by atoms with Crippen molar-refractivity contribution in [2.75, 3.05) is 32.7 Å². The number of piperazine rings is 1. The van der Waals surface area contributed by atoms with E-state index in [0.29, 0.717) is 0 Å². The quantitative estimate of drug-likeness (QED) is 0.696. The maximum absolute atomic E-state index is 6.49. The van der Waals surface area contributed by atoms with Crippen LogP contribution < -0.4 is 11.1 Å². The predicted molar refractivity (Wildman–Crippen MR) is 66.0 cm³/mol. The number of rotatable bonds is 6. The summed E-state index contributed by atoms with van der Waals surface area (Å²) < 4.78 is 0. The summed E-state index contributed by atoms with van der Waals surface area (Å²) in [5.41, 5.74) is 6.54. The van der Waals surface area contributed by atoms with Crippen LogP contribution in [0.5, 0.6) is 0 Å². The third-order valence-corrected chi connectivity index (χ3v) is 3.24. The van der Waals surface area contributed by atoms with Crippen LogP contribution in [-0.2, 0) is 0 Å². The van der Waals surface area contributed by atoms with Crippen LogP contribution in [0, 0.1) is 0 Å². The first-order valence-electron chi connectivity index (χ1n) is 6.42. The Kier molecular flexibility index (Phi) is 5.58. The Morgan fingerprint density at radius 2 is 1.67 bits per heavy atom. The minimum absolute atomic E-state index is 0.0564. The van der Waals surface area contributed by atoms with Crippen LogP contribution in [0.15, 0.2) is 0 Å². The van der Waals surface area contributed by atoms with Gasteiger partial charge in [0.1, 0.15) is 0 Å². The Bertz CT molecular complexity index is 158. The van der Waals surface area contributed by atoms with E-state index in [9.17, 15) is 0 Å². The van der Waals surface area contributed by atoms with E-state index in [0.717, 1.165) is 45.6 Å². The van der Waals surface area contributed by atoms with E-state index in [1.54, 1.807) is 0 Å². The van der Waals surface area contributed by atoms with Crippen molar-refractivity contribution >= 4 is 0 Å². The Labute approximate surface area is 94.4 Å². The minimum atomic E-state index is 0.0564. The summed E-state index contributed by atoms with van der Waals surface area (Å²) in [7, 11) is 0. The fraction of sp³-hybridized carbons (Fsp3) is 1.00. The van der Waals surface area contributed by atoms with Gasteiger partial charge in [-0.2, -0.15) is 0 Å². The number of nitrogens with one attached hydrogen (secondary N) is 1. The lowest BCUT2D eigenvalue weighted by Gasteiger charge is -2.37. The van der Waals surface area contributed by atoms with Crippen molar-refractivity contribution < 1.29 is 0 Å². The molecule has 0 aromatic heterocycles. The van der Waals surface area contributed by atoms with Gasteiger partial charge < -0.3 is 11.1 Å². The fourth-order valence-corrected chi connectivity index (χ4v) is 2.59. The largest absolute Gasteiger partial charge is 0.324 e. The molecule has 0 aromatic rings. The molecular weight excluding hydrogens is 186 g/mol. The van der Waals surface area contributed by atoms with Crippen LogP contribution >= 0.6 is 0 Å². The summed E-state index contributed by atoms with van der Waals surface area (Å²) in [5.74, 6) is 0. The Hall–Kier alpha value is -0.120. The molecule has 1 heterocycles. The summed E-state index contributed by atoms with van der Waals surface area (Å²) in [5, 5.41) is 3.38. The molecule has 0 bridgehead atoms. The van der Waals surface area contributed by atoms with Gasteiger partial charge in [0.25, 0.3) is 0 Å². The lowest BCUT2D eigenvalue weighted by atomic mass is 9.89. The van der Waals surface area contributed by atoms with E-state index in [2.05, 4.69) is 24.1 Å². The van der Waals surface area contributed by atoms with Gasteiger partial charge in [0.15, 0.2) is 0 Å². The summed E-state index contributed by atoms with van der Waals surface area (Å²) in [6.45, 7) is 10.1. The van der Waals surface area contributed by atoms with Gasteiger partial charge in [-0.25, -0.2) is 0 Å². The molecule has 0 aliphatic carbocycles. The molecule has 0 amide bonds. The van der Waals surface area contributed by atoms with Gasteiger partial charge in [0.2, 0.25) is 0 Å². The maximum atomic E-state index is 6.49. The molecule has 0 aromatic carbocycles. The molecule has 3 N–H and O–H groups in total. The molecule has 1 aliphatic rings. The lowest BCUT2D eigenvalue weighted by Crippen LogP contribution is -2.54. The average molecular weight is 213 g/mol. The molecule has 0 saturated carbocycles. The number of nitrogens with zero attached hydrogens (tertiary/aromatic N) is 1. The Morgan fingerprint density at radius 3 is 2.13 bits per heavy atom. The van der Waals surface area contributed by atoms with Gasteiger partial charge in [-0.1, -0.05) is 26.7 Å². The summed E-state index contributed by atoms with van der Waals surface area (Å²) in [6, 6.07) is 0. The first-order chi connectivity index (χ1) is 7.20. The third-order valence-electron chi connectivity index (χ3n) is 3.24. The lowest BCUT2D eigenvalue weighted by molar-refractivity contribution is 0.172. The Balaban J connectivity index is 2.40. The Morgan fingerprint density at radius 1 is 1.13 bits per heavy atom. The van der Waals surface area contributed by atoms with Crippen molar-refractivity contribution in [2.45, 2.75) is 45.1 Å². The fourth-order valence-electron chi connectivity index (χ4n) is 2.59. The molecule has 0 unspecified atom stereocenters. The van der Waals surface area contributed by atoms with Crippen molar-refractivity contribution in [1.82, 2.24) is 10.2 Å². The molecule has 15 heavy (non-hydrogen) atoms. The SMILES string of the molecule is CCCC(N)(CCC)CN1CCNCC1. The zero-order valence-electron chi connectivity index (χ0n) is 10.4. The predicted octanol–water partition coefficient (Wildman–Crippen LogP) is 1.19. The van der Waals surface area contributed by atoms with Crippen molar-refractivity contribution in [3.05, 3.63) is 0 Å². The van der Waals surface area contributed by atoms with Crippen molar-refractivity contribution in [3.63, 3.8) is 0 Å². The zero-order valence-corrected chi connectivity index (χ0v) is 10.4. The summed E-state index contributed by atoms with van der Waals surface area (Å²) in [4.78, 5) is 2.52. The van der Waals surface area contributed by atoms with Crippen molar-refractivity contribution in [2.24, 2.45) is 5.73 Å². The monoisotopic (exact) mass is 213 g/mol. The van der Waals surface area contributed by atoms with E-state index >= 15 is 0 Å². The van der Waals surface area contributed by atoms with E-state index in [1.807, 2.05) is 0 Å². The highest BCUT2D eigenvalue weighted by Gasteiger charge is 2.26. The molecule has 0 radical (unpaired) electrons. The molecule has 90 valence electrons. The molecule has 1 rings (SSSR count). The molecule has 3 heteroatoms.